The van der Waals surface area contributed by atoms with E-state index in [4.69, 9.17) is 5.73 Å². The summed E-state index contributed by atoms with van der Waals surface area (Å²) in [5.74, 6) is -0.278. The van der Waals surface area contributed by atoms with E-state index in [-0.39, 0.29) is 5.91 Å². The number of primary amides is 1. The van der Waals surface area contributed by atoms with Crippen LogP contribution in [-0.4, -0.2) is 39.5 Å². The molecule has 3 N–H and O–H groups in total. The lowest BCUT2D eigenvalue weighted by Gasteiger charge is -2.26. The summed E-state index contributed by atoms with van der Waals surface area (Å²) < 4.78 is 3.99. The molecule has 0 bridgehead atoms. The molecule has 0 radical (unpaired) electrons. The summed E-state index contributed by atoms with van der Waals surface area (Å²) in [6, 6.07) is 0.448. The minimum atomic E-state index is -0.278. The van der Waals surface area contributed by atoms with Crippen molar-refractivity contribution in [2.75, 3.05) is 18.4 Å². The third-order valence-corrected chi connectivity index (χ3v) is 4.17. The molecule has 0 aliphatic heterocycles. The SMILES string of the molecule is CCNc1snnc1CN(CC(N)=O)C1CCCC1. The lowest BCUT2D eigenvalue weighted by Crippen LogP contribution is -2.39. The second-order valence-electron chi connectivity index (χ2n) is 4.89. The third-order valence-electron chi connectivity index (χ3n) is 3.45. The van der Waals surface area contributed by atoms with Gasteiger partial charge in [-0.15, -0.1) is 5.10 Å². The van der Waals surface area contributed by atoms with E-state index in [0.717, 1.165) is 30.1 Å². The third kappa shape index (κ3) is 3.87. The van der Waals surface area contributed by atoms with E-state index < -0.39 is 0 Å². The lowest BCUT2D eigenvalue weighted by atomic mass is 10.2. The first kappa shape index (κ1) is 14.2. The monoisotopic (exact) mass is 283 g/mol. The van der Waals surface area contributed by atoms with Crippen LogP contribution in [0.1, 0.15) is 38.3 Å². The van der Waals surface area contributed by atoms with Crippen LogP contribution in [0.15, 0.2) is 0 Å². The van der Waals surface area contributed by atoms with Crippen LogP contribution in [-0.2, 0) is 11.3 Å². The Bertz CT molecular complexity index is 416. The van der Waals surface area contributed by atoms with E-state index in [0.29, 0.717) is 19.1 Å². The summed E-state index contributed by atoms with van der Waals surface area (Å²) in [6.07, 6.45) is 4.74. The molecule has 1 fully saturated rings. The zero-order valence-corrected chi connectivity index (χ0v) is 12.1. The van der Waals surface area contributed by atoms with E-state index in [1.165, 1.54) is 24.4 Å². The largest absolute Gasteiger partial charge is 0.374 e. The van der Waals surface area contributed by atoms with Gasteiger partial charge in [0.25, 0.3) is 0 Å². The number of rotatable bonds is 7. The molecular formula is C12H21N5OS. The van der Waals surface area contributed by atoms with Gasteiger partial charge in [-0.25, -0.2) is 0 Å². The number of nitrogens with one attached hydrogen (secondary N) is 1. The second kappa shape index (κ2) is 6.81. The van der Waals surface area contributed by atoms with Crippen LogP contribution in [0.2, 0.25) is 0 Å². The van der Waals surface area contributed by atoms with Gasteiger partial charge in [-0.1, -0.05) is 17.3 Å². The molecule has 0 unspecified atom stereocenters. The minimum Gasteiger partial charge on any atom is -0.374 e. The van der Waals surface area contributed by atoms with Gasteiger partial charge in [0.15, 0.2) is 0 Å². The number of aromatic nitrogens is 2. The molecule has 1 saturated carbocycles. The van der Waals surface area contributed by atoms with E-state index in [9.17, 15) is 4.79 Å². The molecule has 2 rings (SSSR count). The first-order valence-electron chi connectivity index (χ1n) is 6.78. The second-order valence-corrected chi connectivity index (χ2v) is 5.64. The Kier molecular flexibility index (Phi) is 5.09. The van der Waals surface area contributed by atoms with Crippen molar-refractivity contribution in [1.82, 2.24) is 14.5 Å². The lowest BCUT2D eigenvalue weighted by molar-refractivity contribution is -0.119. The Labute approximate surface area is 117 Å². The smallest absolute Gasteiger partial charge is 0.231 e. The van der Waals surface area contributed by atoms with Gasteiger partial charge in [0.2, 0.25) is 5.91 Å². The molecule has 7 heteroatoms. The Hall–Kier alpha value is -1.21. The summed E-state index contributed by atoms with van der Waals surface area (Å²) in [6.45, 7) is 3.83. The van der Waals surface area contributed by atoms with Gasteiger partial charge in [0, 0.05) is 30.7 Å². The van der Waals surface area contributed by atoms with Crippen molar-refractivity contribution >= 4 is 22.4 Å². The number of nitrogens with zero attached hydrogens (tertiary/aromatic N) is 3. The molecule has 0 atom stereocenters. The Morgan fingerprint density at radius 3 is 2.89 bits per heavy atom. The molecule has 1 heterocycles. The quantitative estimate of drug-likeness (QED) is 0.785. The Morgan fingerprint density at radius 2 is 2.26 bits per heavy atom. The van der Waals surface area contributed by atoms with Crippen molar-refractivity contribution < 1.29 is 4.79 Å². The fourth-order valence-corrected chi connectivity index (χ4v) is 3.22. The predicted octanol–water partition coefficient (Wildman–Crippen LogP) is 1.20. The average molecular weight is 283 g/mol. The molecule has 19 heavy (non-hydrogen) atoms. The van der Waals surface area contributed by atoms with Gasteiger partial charge in [-0.2, -0.15) is 0 Å². The summed E-state index contributed by atoms with van der Waals surface area (Å²) in [5.41, 5.74) is 6.27. The average Bonchev–Trinajstić information content (AvgIpc) is 3.00. The molecule has 1 aromatic rings. The highest BCUT2D eigenvalue weighted by Gasteiger charge is 2.25. The number of carbonyl (C=O) groups is 1. The first-order valence-corrected chi connectivity index (χ1v) is 7.55. The molecule has 0 spiro atoms. The number of anilines is 1. The van der Waals surface area contributed by atoms with Gasteiger partial charge >= 0.3 is 0 Å². The molecule has 0 aromatic carbocycles. The first-order chi connectivity index (χ1) is 9.20. The molecule has 1 amide bonds. The number of hydrogen-bond acceptors (Lipinski definition) is 6. The maximum absolute atomic E-state index is 11.2. The zero-order valence-electron chi connectivity index (χ0n) is 11.3. The predicted molar refractivity (Wildman–Crippen MR) is 75.9 cm³/mol. The van der Waals surface area contributed by atoms with Crippen LogP contribution in [0, 0.1) is 0 Å². The summed E-state index contributed by atoms with van der Waals surface area (Å²) >= 11 is 1.36. The number of carbonyl (C=O) groups excluding carboxylic acids is 1. The van der Waals surface area contributed by atoms with Gasteiger partial charge in [0.1, 0.15) is 10.7 Å². The van der Waals surface area contributed by atoms with Crippen molar-refractivity contribution in [3.63, 3.8) is 0 Å². The highest BCUT2D eigenvalue weighted by molar-refractivity contribution is 7.10. The molecule has 6 nitrogen and oxygen atoms in total. The standard InChI is InChI=1S/C12H21N5OS/c1-2-14-12-10(15-16-19-12)7-17(8-11(13)18)9-5-3-4-6-9/h9,14H,2-8H2,1H3,(H2,13,18). The molecule has 1 aliphatic carbocycles. The van der Waals surface area contributed by atoms with Crippen LogP contribution in [0.3, 0.4) is 0 Å². The van der Waals surface area contributed by atoms with E-state index >= 15 is 0 Å². The Balaban J connectivity index is 2.05. The van der Waals surface area contributed by atoms with E-state index in [2.05, 4.69) is 19.8 Å². The van der Waals surface area contributed by atoms with Gasteiger partial charge in [-0.3, -0.25) is 9.69 Å². The van der Waals surface area contributed by atoms with Crippen molar-refractivity contribution in [3.05, 3.63) is 5.69 Å². The Morgan fingerprint density at radius 1 is 1.53 bits per heavy atom. The number of hydrogen-bond donors (Lipinski definition) is 2. The van der Waals surface area contributed by atoms with Gasteiger partial charge < -0.3 is 11.1 Å². The van der Waals surface area contributed by atoms with E-state index in [1.807, 2.05) is 6.92 Å². The van der Waals surface area contributed by atoms with Crippen LogP contribution in [0.4, 0.5) is 5.00 Å². The van der Waals surface area contributed by atoms with Gasteiger partial charge in [-0.05, 0) is 19.8 Å². The van der Waals surface area contributed by atoms with Crippen molar-refractivity contribution in [2.45, 2.75) is 45.2 Å². The van der Waals surface area contributed by atoms with Crippen molar-refractivity contribution in [2.24, 2.45) is 5.73 Å². The fourth-order valence-electron chi connectivity index (χ4n) is 2.58. The highest BCUT2D eigenvalue weighted by Crippen LogP contribution is 2.26. The topological polar surface area (TPSA) is 84.1 Å². The molecule has 0 saturated heterocycles. The molecule has 106 valence electrons. The summed E-state index contributed by atoms with van der Waals surface area (Å²) in [7, 11) is 0. The summed E-state index contributed by atoms with van der Waals surface area (Å²) in [4.78, 5) is 13.4. The van der Waals surface area contributed by atoms with Crippen molar-refractivity contribution in [3.8, 4) is 0 Å². The number of nitrogens with two attached hydrogens (primary N) is 1. The van der Waals surface area contributed by atoms with Crippen LogP contribution in [0.5, 0.6) is 0 Å². The van der Waals surface area contributed by atoms with Crippen LogP contribution >= 0.6 is 11.5 Å². The highest BCUT2D eigenvalue weighted by atomic mass is 32.1. The van der Waals surface area contributed by atoms with Gasteiger partial charge in [0.05, 0.1) is 6.54 Å². The maximum atomic E-state index is 11.2. The fraction of sp³-hybridized carbons (Fsp3) is 0.750. The zero-order chi connectivity index (χ0) is 13.7. The maximum Gasteiger partial charge on any atom is 0.231 e. The minimum absolute atomic E-state index is 0.278. The van der Waals surface area contributed by atoms with Crippen LogP contribution in [0.25, 0.3) is 0 Å². The number of amides is 1. The molecular weight excluding hydrogens is 262 g/mol. The normalized spacial score (nSPS) is 16.1. The molecule has 1 aromatic heterocycles. The summed E-state index contributed by atoms with van der Waals surface area (Å²) in [5, 5.41) is 8.42. The van der Waals surface area contributed by atoms with Crippen molar-refractivity contribution in [1.29, 1.82) is 0 Å². The molecule has 1 aliphatic rings. The van der Waals surface area contributed by atoms with E-state index in [1.54, 1.807) is 0 Å². The van der Waals surface area contributed by atoms with Crippen LogP contribution < -0.4 is 11.1 Å².